The van der Waals surface area contributed by atoms with Gasteiger partial charge in [0.1, 0.15) is 5.84 Å². The van der Waals surface area contributed by atoms with Crippen LogP contribution in [0.25, 0.3) is 0 Å². The molecular weight excluding hydrogens is 240 g/mol. The molecule has 0 saturated carbocycles. The van der Waals surface area contributed by atoms with Crippen LogP contribution in [0.1, 0.15) is 39.5 Å². The molecule has 19 heavy (non-hydrogen) atoms. The Hall–Kier alpha value is -0.810. The molecule has 2 saturated heterocycles. The molecule has 2 heterocycles. The van der Waals surface area contributed by atoms with Gasteiger partial charge in [-0.05, 0) is 51.9 Å². The van der Waals surface area contributed by atoms with E-state index in [1.807, 2.05) is 13.8 Å². The summed E-state index contributed by atoms with van der Waals surface area (Å²) < 4.78 is 0. The number of amidine groups is 1. The van der Waals surface area contributed by atoms with Crippen molar-refractivity contribution in [2.75, 3.05) is 32.7 Å². The van der Waals surface area contributed by atoms with Crippen LogP contribution in [-0.2, 0) is 0 Å². The number of fused-ring (bicyclic) bond motifs is 1. The van der Waals surface area contributed by atoms with Crippen molar-refractivity contribution < 1.29 is 5.21 Å². The highest BCUT2D eigenvalue weighted by atomic mass is 16.4. The summed E-state index contributed by atoms with van der Waals surface area (Å²) in [6.07, 6.45) is 4.91. The third-order valence-corrected chi connectivity index (χ3v) is 4.74. The van der Waals surface area contributed by atoms with E-state index in [0.29, 0.717) is 5.84 Å². The molecular formula is C14H28N4O. The predicted molar refractivity (Wildman–Crippen MR) is 77.5 cm³/mol. The van der Waals surface area contributed by atoms with Crippen LogP contribution in [0.3, 0.4) is 0 Å². The molecule has 0 aromatic carbocycles. The first-order valence-corrected chi connectivity index (χ1v) is 7.47. The average molecular weight is 268 g/mol. The smallest absolute Gasteiger partial charge is 0.144 e. The molecule has 2 aliphatic rings. The van der Waals surface area contributed by atoms with Crippen LogP contribution >= 0.6 is 0 Å². The molecule has 0 radical (unpaired) electrons. The fraction of sp³-hybridized carbons (Fsp3) is 0.929. The summed E-state index contributed by atoms with van der Waals surface area (Å²) >= 11 is 0. The Kier molecular flexibility index (Phi) is 4.68. The Morgan fingerprint density at radius 2 is 2.05 bits per heavy atom. The molecule has 5 heteroatoms. The van der Waals surface area contributed by atoms with Gasteiger partial charge in [-0.2, -0.15) is 0 Å². The summed E-state index contributed by atoms with van der Waals surface area (Å²) in [5.41, 5.74) is 5.53. The van der Waals surface area contributed by atoms with E-state index >= 15 is 0 Å². The van der Waals surface area contributed by atoms with Crippen molar-refractivity contribution in [2.45, 2.75) is 45.6 Å². The zero-order chi connectivity index (χ0) is 13.9. The molecule has 0 aromatic rings. The van der Waals surface area contributed by atoms with Crippen molar-refractivity contribution in [2.24, 2.45) is 16.3 Å². The summed E-state index contributed by atoms with van der Waals surface area (Å²) in [5.74, 6) is 0.338. The van der Waals surface area contributed by atoms with E-state index in [-0.39, 0.29) is 5.41 Å². The molecule has 2 aliphatic heterocycles. The monoisotopic (exact) mass is 268 g/mol. The number of hydrogen-bond donors (Lipinski definition) is 2. The Balaban J connectivity index is 1.85. The molecule has 0 bridgehead atoms. The Morgan fingerprint density at radius 3 is 2.79 bits per heavy atom. The maximum Gasteiger partial charge on any atom is 0.144 e. The molecule has 2 rings (SSSR count). The first kappa shape index (κ1) is 14.6. The van der Waals surface area contributed by atoms with Crippen molar-refractivity contribution >= 4 is 5.84 Å². The second-order valence-electron chi connectivity index (χ2n) is 6.61. The van der Waals surface area contributed by atoms with E-state index in [9.17, 15) is 0 Å². The van der Waals surface area contributed by atoms with E-state index < -0.39 is 0 Å². The summed E-state index contributed by atoms with van der Waals surface area (Å²) in [6.45, 7) is 10.0. The topological polar surface area (TPSA) is 65.1 Å². The van der Waals surface area contributed by atoms with Gasteiger partial charge < -0.3 is 15.8 Å². The third-order valence-electron chi connectivity index (χ3n) is 4.74. The van der Waals surface area contributed by atoms with Crippen molar-refractivity contribution in [1.29, 1.82) is 0 Å². The number of hydrogen-bond acceptors (Lipinski definition) is 4. The quantitative estimate of drug-likeness (QED) is 0.349. The predicted octanol–water partition coefficient (Wildman–Crippen LogP) is 1.32. The largest absolute Gasteiger partial charge is 0.409 e. The molecule has 1 atom stereocenters. The van der Waals surface area contributed by atoms with Gasteiger partial charge in [-0.1, -0.05) is 19.0 Å². The van der Waals surface area contributed by atoms with Crippen molar-refractivity contribution in [3.63, 3.8) is 0 Å². The summed E-state index contributed by atoms with van der Waals surface area (Å²) in [7, 11) is 0. The fourth-order valence-corrected chi connectivity index (χ4v) is 3.19. The Morgan fingerprint density at radius 1 is 1.32 bits per heavy atom. The van der Waals surface area contributed by atoms with E-state index in [0.717, 1.165) is 19.0 Å². The summed E-state index contributed by atoms with van der Waals surface area (Å²) in [4.78, 5) is 5.21. The van der Waals surface area contributed by atoms with Gasteiger partial charge >= 0.3 is 0 Å². The molecule has 3 N–H and O–H groups in total. The number of oxime groups is 1. The average Bonchev–Trinajstić information content (AvgIpc) is 2.73. The maximum absolute atomic E-state index is 8.82. The van der Waals surface area contributed by atoms with E-state index in [2.05, 4.69) is 15.0 Å². The van der Waals surface area contributed by atoms with Crippen LogP contribution < -0.4 is 5.73 Å². The maximum atomic E-state index is 8.82. The zero-order valence-electron chi connectivity index (χ0n) is 12.3. The standard InChI is InChI=1S/C14H28N4O/c1-14(2,13(15)16-19)6-10-17-7-4-9-18-8-3-5-12(18)11-17/h12,19H,3-11H2,1-2H3,(H2,15,16). The summed E-state index contributed by atoms with van der Waals surface area (Å²) in [5, 5.41) is 12.0. The van der Waals surface area contributed by atoms with Gasteiger partial charge in [0.25, 0.3) is 0 Å². The minimum absolute atomic E-state index is 0.226. The Labute approximate surface area is 116 Å². The normalized spacial score (nSPS) is 27.3. The zero-order valence-corrected chi connectivity index (χ0v) is 12.3. The second kappa shape index (κ2) is 6.09. The first-order chi connectivity index (χ1) is 9.03. The van der Waals surface area contributed by atoms with Gasteiger partial charge in [0.2, 0.25) is 0 Å². The molecule has 0 amide bonds. The van der Waals surface area contributed by atoms with Gasteiger partial charge in [-0.15, -0.1) is 0 Å². The SMILES string of the molecule is CC(C)(CCN1CCCN2CCCC2C1)C(N)=NO. The molecule has 0 spiro atoms. The van der Waals surface area contributed by atoms with Crippen molar-refractivity contribution in [3.05, 3.63) is 0 Å². The fourth-order valence-electron chi connectivity index (χ4n) is 3.19. The van der Waals surface area contributed by atoms with Gasteiger partial charge in [0.15, 0.2) is 0 Å². The first-order valence-electron chi connectivity index (χ1n) is 7.47. The Bertz CT molecular complexity index is 329. The lowest BCUT2D eigenvalue weighted by Crippen LogP contribution is -2.40. The van der Waals surface area contributed by atoms with Gasteiger partial charge in [0.05, 0.1) is 0 Å². The lowest BCUT2D eigenvalue weighted by molar-refractivity contribution is 0.206. The number of nitrogens with zero attached hydrogens (tertiary/aromatic N) is 3. The third kappa shape index (κ3) is 3.60. The molecule has 1 unspecified atom stereocenters. The van der Waals surface area contributed by atoms with Crippen LogP contribution in [0.15, 0.2) is 5.16 Å². The van der Waals surface area contributed by atoms with E-state index in [1.165, 1.54) is 45.4 Å². The van der Waals surface area contributed by atoms with Crippen LogP contribution in [0.4, 0.5) is 0 Å². The molecule has 0 aromatic heterocycles. The van der Waals surface area contributed by atoms with Crippen LogP contribution in [0.5, 0.6) is 0 Å². The lowest BCUT2D eigenvalue weighted by atomic mass is 9.88. The van der Waals surface area contributed by atoms with Crippen LogP contribution in [0, 0.1) is 5.41 Å². The van der Waals surface area contributed by atoms with Crippen LogP contribution in [-0.4, -0.2) is 59.6 Å². The van der Waals surface area contributed by atoms with Crippen molar-refractivity contribution in [3.8, 4) is 0 Å². The molecule has 0 aliphatic carbocycles. The van der Waals surface area contributed by atoms with Crippen LogP contribution in [0.2, 0.25) is 0 Å². The molecule has 5 nitrogen and oxygen atoms in total. The van der Waals surface area contributed by atoms with Gasteiger partial charge in [0, 0.05) is 18.0 Å². The van der Waals surface area contributed by atoms with Crippen molar-refractivity contribution in [1.82, 2.24) is 9.80 Å². The second-order valence-corrected chi connectivity index (χ2v) is 6.61. The number of nitrogens with two attached hydrogens (primary N) is 1. The van der Waals surface area contributed by atoms with Gasteiger partial charge in [-0.3, -0.25) is 4.90 Å². The van der Waals surface area contributed by atoms with E-state index in [1.54, 1.807) is 0 Å². The van der Waals surface area contributed by atoms with E-state index in [4.69, 9.17) is 10.9 Å². The summed E-state index contributed by atoms with van der Waals surface area (Å²) in [6, 6.07) is 0.759. The molecule has 2 fully saturated rings. The molecule has 110 valence electrons. The minimum atomic E-state index is -0.226. The highest BCUT2D eigenvalue weighted by Gasteiger charge is 2.30. The number of rotatable bonds is 4. The minimum Gasteiger partial charge on any atom is -0.409 e. The lowest BCUT2D eigenvalue weighted by Gasteiger charge is -2.29. The van der Waals surface area contributed by atoms with Gasteiger partial charge in [-0.25, -0.2) is 0 Å². The highest BCUT2D eigenvalue weighted by Crippen LogP contribution is 2.24. The highest BCUT2D eigenvalue weighted by molar-refractivity contribution is 5.85.